The number of aromatic amines is 1. The quantitative estimate of drug-likeness (QED) is 0.858. The van der Waals surface area contributed by atoms with E-state index in [-0.39, 0.29) is 12.0 Å². The zero-order valence-corrected chi connectivity index (χ0v) is 14.8. The Bertz CT molecular complexity index is 1050. The number of rotatable bonds is 2. The smallest absolute Gasteiger partial charge is 0.254 e. The predicted octanol–water partition coefficient (Wildman–Crippen LogP) is 1.68. The molecule has 6 nitrogen and oxygen atoms in total. The molecule has 2 bridgehead atoms. The Labute approximate surface area is 148 Å². The Kier molecular flexibility index (Phi) is 3.96. The van der Waals surface area contributed by atoms with Crippen LogP contribution >= 0.6 is 0 Å². The van der Waals surface area contributed by atoms with Gasteiger partial charge in [0.15, 0.2) is 0 Å². The van der Waals surface area contributed by atoms with E-state index in [4.69, 9.17) is 0 Å². The van der Waals surface area contributed by atoms with E-state index in [0.717, 1.165) is 12.1 Å². The number of halogens is 2. The van der Waals surface area contributed by atoms with Crippen LogP contribution in [0, 0.1) is 18.6 Å². The van der Waals surface area contributed by atoms with Gasteiger partial charge in [0.05, 0.1) is 5.69 Å². The molecule has 1 aromatic heterocycles. The second-order valence-corrected chi connectivity index (χ2v) is 8.59. The van der Waals surface area contributed by atoms with Gasteiger partial charge in [0.1, 0.15) is 22.4 Å². The number of hydrogen-bond acceptors (Lipinski definition) is 4. The molecule has 0 aliphatic carbocycles. The van der Waals surface area contributed by atoms with Crippen LogP contribution in [-0.2, 0) is 22.9 Å². The Morgan fingerprint density at radius 2 is 1.88 bits per heavy atom. The third-order valence-electron chi connectivity index (χ3n) is 5.09. The molecule has 0 radical (unpaired) electrons. The van der Waals surface area contributed by atoms with Gasteiger partial charge in [-0.05, 0) is 38.3 Å². The van der Waals surface area contributed by atoms with Crippen molar-refractivity contribution in [2.24, 2.45) is 0 Å². The van der Waals surface area contributed by atoms with Crippen molar-refractivity contribution in [1.82, 2.24) is 14.3 Å². The van der Waals surface area contributed by atoms with Crippen LogP contribution in [0.4, 0.5) is 8.78 Å². The van der Waals surface area contributed by atoms with Crippen LogP contribution in [0.15, 0.2) is 27.9 Å². The fraction of sp³-hybridized carbons (Fsp3) is 0.412. The van der Waals surface area contributed by atoms with Gasteiger partial charge in [-0.25, -0.2) is 22.2 Å². The molecular formula is C17H17F2N3O3S. The molecule has 2 aromatic rings. The Hall–Kier alpha value is -2.13. The summed E-state index contributed by atoms with van der Waals surface area (Å²) >= 11 is 0. The molecule has 1 N–H and O–H groups in total. The fourth-order valence-corrected chi connectivity index (χ4v) is 5.94. The van der Waals surface area contributed by atoms with Crippen molar-refractivity contribution in [3.8, 4) is 0 Å². The first-order valence-corrected chi connectivity index (χ1v) is 9.78. The van der Waals surface area contributed by atoms with E-state index in [1.807, 2.05) is 0 Å². The Morgan fingerprint density at radius 3 is 2.58 bits per heavy atom. The van der Waals surface area contributed by atoms with Gasteiger partial charge in [-0.2, -0.15) is 4.31 Å². The number of nitrogens with zero attached hydrogens (tertiary/aromatic N) is 2. The van der Waals surface area contributed by atoms with E-state index in [1.54, 1.807) is 6.92 Å². The summed E-state index contributed by atoms with van der Waals surface area (Å²) in [6.45, 7) is 1.67. The highest BCUT2D eigenvalue weighted by molar-refractivity contribution is 7.89. The number of aromatic nitrogens is 2. The number of benzene rings is 1. The minimum Gasteiger partial charge on any atom is -0.311 e. The lowest BCUT2D eigenvalue weighted by Gasteiger charge is -2.27. The zero-order valence-electron chi connectivity index (χ0n) is 14.0. The fourth-order valence-electron chi connectivity index (χ4n) is 4.02. The van der Waals surface area contributed by atoms with Crippen molar-refractivity contribution < 1.29 is 17.2 Å². The first kappa shape index (κ1) is 17.3. The molecule has 9 heteroatoms. The van der Waals surface area contributed by atoms with E-state index in [0.29, 0.717) is 42.4 Å². The van der Waals surface area contributed by atoms with Gasteiger partial charge in [-0.15, -0.1) is 0 Å². The van der Waals surface area contributed by atoms with Crippen LogP contribution in [0.1, 0.15) is 29.9 Å². The first-order chi connectivity index (χ1) is 12.3. The van der Waals surface area contributed by atoms with E-state index in [2.05, 4.69) is 9.97 Å². The van der Waals surface area contributed by atoms with Gasteiger partial charge in [-0.3, -0.25) is 4.79 Å². The molecular weight excluding hydrogens is 364 g/mol. The van der Waals surface area contributed by atoms with Crippen LogP contribution in [0.25, 0.3) is 0 Å². The molecule has 0 saturated carbocycles. The third kappa shape index (κ3) is 2.66. The van der Waals surface area contributed by atoms with Crippen LogP contribution < -0.4 is 5.56 Å². The molecule has 3 heterocycles. The summed E-state index contributed by atoms with van der Waals surface area (Å²) in [7, 11) is -4.16. The average molecular weight is 381 g/mol. The second-order valence-electron chi connectivity index (χ2n) is 6.78. The van der Waals surface area contributed by atoms with Gasteiger partial charge < -0.3 is 4.98 Å². The third-order valence-corrected chi connectivity index (χ3v) is 7.13. The van der Waals surface area contributed by atoms with Gasteiger partial charge in [-0.1, -0.05) is 0 Å². The van der Waals surface area contributed by atoms with Gasteiger partial charge >= 0.3 is 0 Å². The number of sulfonamides is 1. The molecule has 1 fully saturated rings. The lowest BCUT2D eigenvalue weighted by molar-refractivity contribution is 0.325. The molecule has 0 amide bonds. The number of hydrogen-bond donors (Lipinski definition) is 1. The molecule has 2 unspecified atom stereocenters. The van der Waals surface area contributed by atoms with Crippen molar-refractivity contribution in [2.75, 3.05) is 0 Å². The summed E-state index contributed by atoms with van der Waals surface area (Å²) < 4.78 is 54.8. The molecule has 4 rings (SSSR count). The summed E-state index contributed by atoms with van der Waals surface area (Å²) in [4.78, 5) is 18.7. The van der Waals surface area contributed by atoms with Crippen LogP contribution in [-0.4, -0.2) is 34.8 Å². The lowest BCUT2D eigenvalue weighted by atomic mass is 9.98. The standard InChI is InChI=1S/C17H17F2N3O3S/c1-9-20-15-8-12-4-3-11(7-13(15)17(23)21-9)22(12)26(24,25)16-5-2-10(18)6-14(16)19/h2,5-6,11-12H,3-4,7-8H2,1H3,(H,20,21,23). The molecule has 138 valence electrons. The van der Waals surface area contributed by atoms with Crippen LogP contribution in [0.2, 0.25) is 0 Å². The Morgan fingerprint density at radius 1 is 1.19 bits per heavy atom. The average Bonchev–Trinajstić information content (AvgIpc) is 2.84. The van der Waals surface area contributed by atoms with E-state index in [1.165, 1.54) is 4.31 Å². The maximum atomic E-state index is 14.1. The van der Waals surface area contributed by atoms with Crippen molar-refractivity contribution in [3.05, 3.63) is 57.3 Å². The molecule has 2 atom stereocenters. The summed E-state index contributed by atoms with van der Waals surface area (Å²) in [5.41, 5.74) is 0.825. The van der Waals surface area contributed by atoms with Gasteiger partial charge in [0.2, 0.25) is 10.0 Å². The van der Waals surface area contributed by atoms with E-state index >= 15 is 0 Å². The minimum atomic E-state index is -4.16. The molecule has 1 aromatic carbocycles. The number of nitrogens with one attached hydrogen (secondary N) is 1. The minimum absolute atomic E-state index is 0.233. The maximum absolute atomic E-state index is 14.1. The van der Waals surface area contributed by atoms with E-state index < -0.39 is 38.6 Å². The summed E-state index contributed by atoms with van der Waals surface area (Å²) in [5.74, 6) is -1.47. The first-order valence-electron chi connectivity index (χ1n) is 8.34. The van der Waals surface area contributed by atoms with E-state index in [9.17, 15) is 22.0 Å². The number of aryl methyl sites for hydroxylation is 1. The van der Waals surface area contributed by atoms with Crippen molar-refractivity contribution in [1.29, 1.82) is 0 Å². The highest BCUT2D eigenvalue weighted by Crippen LogP contribution is 2.37. The molecule has 1 saturated heterocycles. The SMILES string of the molecule is Cc1nc2c(c(=O)[nH]1)CC1CCC(C2)N1S(=O)(=O)c1ccc(F)cc1F. The summed E-state index contributed by atoms with van der Waals surface area (Å²) in [6, 6.07) is 1.61. The molecule has 26 heavy (non-hydrogen) atoms. The maximum Gasteiger partial charge on any atom is 0.254 e. The van der Waals surface area contributed by atoms with Gasteiger partial charge in [0, 0.05) is 30.1 Å². The monoisotopic (exact) mass is 381 g/mol. The zero-order chi connectivity index (χ0) is 18.6. The van der Waals surface area contributed by atoms with Crippen molar-refractivity contribution >= 4 is 10.0 Å². The lowest BCUT2D eigenvalue weighted by Crippen LogP contribution is -2.42. The molecule has 2 aliphatic rings. The van der Waals surface area contributed by atoms with Crippen LogP contribution in [0.5, 0.6) is 0 Å². The predicted molar refractivity (Wildman–Crippen MR) is 89.2 cm³/mol. The van der Waals surface area contributed by atoms with Crippen LogP contribution in [0.3, 0.4) is 0 Å². The largest absolute Gasteiger partial charge is 0.311 e. The van der Waals surface area contributed by atoms with Crippen molar-refractivity contribution in [3.63, 3.8) is 0 Å². The Balaban J connectivity index is 1.79. The van der Waals surface area contributed by atoms with Crippen molar-refractivity contribution in [2.45, 2.75) is 49.6 Å². The van der Waals surface area contributed by atoms with Gasteiger partial charge in [0.25, 0.3) is 5.56 Å². The number of H-pyrrole nitrogens is 1. The summed E-state index contributed by atoms with van der Waals surface area (Å²) in [5, 5.41) is 0. The summed E-state index contributed by atoms with van der Waals surface area (Å²) in [6.07, 6.45) is 1.73. The molecule has 0 spiro atoms. The molecule has 2 aliphatic heterocycles. The second kappa shape index (κ2) is 5.95. The number of fused-ring (bicyclic) bond motifs is 3. The highest BCUT2D eigenvalue weighted by atomic mass is 32.2. The normalized spacial score (nSPS) is 22.9. The topological polar surface area (TPSA) is 83.1 Å². The highest BCUT2D eigenvalue weighted by Gasteiger charge is 2.46.